The molecule has 2 heterocycles. The lowest BCUT2D eigenvalue weighted by Gasteiger charge is -2.16. The first-order chi connectivity index (χ1) is 9.72. The van der Waals surface area contributed by atoms with Crippen LogP contribution in [-0.4, -0.2) is 31.3 Å². The molecule has 2 aromatic rings. The van der Waals surface area contributed by atoms with Crippen molar-refractivity contribution >= 4 is 11.9 Å². The number of hydrogen-bond acceptors (Lipinski definition) is 6. The monoisotopic (exact) mass is 273 g/mol. The van der Waals surface area contributed by atoms with E-state index < -0.39 is 0 Å². The summed E-state index contributed by atoms with van der Waals surface area (Å²) in [5, 5.41) is 7.38. The predicted octanol–water partition coefficient (Wildman–Crippen LogP) is 1.49. The van der Waals surface area contributed by atoms with Gasteiger partial charge in [0.1, 0.15) is 0 Å². The van der Waals surface area contributed by atoms with E-state index >= 15 is 0 Å². The Kier molecular flexibility index (Phi) is 3.49. The van der Waals surface area contributed by atoms with E-state index in [0.29, 0.717) is 17.8 Å². The van der Waals surface area contributed by atoms with Crippen LogP contribution in [0, 0.1) is 11.8 Å². The smallest absolute Gasteiger partial charge is 0.257 e. The molecule has 20 heavy (non-hydrogen) atoms. The minimum absolute atomic E-state index is 0.201. The van der Waals surface area contributed by atoms with Crippen molar-refractivity contribution in [1.82, 2.24) is 24.7 Å². The van der Waals surface area contributed by atoms with Gasteiger partial charge in [-0.2, -0.15) is 20.1 Å². The van der Waals surface area contributed by atoms with Gasteiger partial charge in [-0.1, -0.05) is 19.8 Å². The van der Waals surface area contributed by atoms with E-state index in [1.807, 2.05) is 6.07 Å². The molecule has 1 aliphatic rings. The molecule has 1 fully saturated rings. The van der Waals surface area contributed by atoms with Gasteiger partial charge in [-0.05, 0) is 24.3 Å². The van der Waals surface area contributed by atoms with Crippen molar-refractivity contribution in [2.75, 3.05) is 17.6 Å². The largest absolute Gasteiger partial charge is 0.368 e. The maximum atomic E-state index is 5.73. The summed E-state index contributed by atoms with van der Waals surface area (Å²) in [4.78, 5) is 12.6. The van der Waals surface area contributed by atoms with Crippen LogP contribution in [0.3, 0.4) is 0 Å². The van der Waals surface area contributed by atoms with Crippen LogP contribution in [0.2, 0.25) is 0 Å². The zero-order chi connectivity index (χ0) is 13.9. The normalized spacial score (nSPS) is 22.1. The second-order valence-electron chi connectivity index (χ2n) is 5.32. The fourth-order valence-electron chi connectivity index (χ4n) is 2.70. The zero-order valence-electron chi connectivity index (χ0n) is 11.5. The number of nitrogen functional groups attached to an aromatic ring is 1. The maximum absolute atomic E-state index is 5.73. The fourth-order valence-corrected chi connectivity index (χ4v) is 2.70. The molecule has 0 amide bonds. The molecule has 0 spiro atoms. The van der Waals surface area contributed by atoms with Crippen molar-refractivity contribution in [3.05, 3.63) is 18.5 Å². The maximum Gasteiger partial charge on any atom is 0.257 e. The van der Waals surface area contributed by atoms with Crippen LogP contribution in [0.1, 0.15) is 26.2 Å². The van der Waals surface area contributed by atoms with Crippen LogP contribution in [-0.2, 0) is 0 Å². The Labute approximate surface area is 117 Å². The third kappa shape index (κ3) is 2.71. The molecule has 7 heteroatoms. The van der Waals surface area contributed by atoms with E-state index in [1.165, 1.54) is 19.3 Å². The summed E-state index contributed by atoms with van der Waals surface area (Å²) in [6.07, 6.45) is 7.33. The lowest BCUT2D eigenvalue weighted by molar-refractivity contribution is 0.439. The zero-order valence-corrected chi connectivity index (χ0v) is 11.5. The Bertz CT molecular complexity index is 566. The molecule has 2 atom stereocenters. The number of aromatic nitrogens is 5. The molecule has 1 aliphatic carbocycles. The Morgan fingerprint density at radius 2 is 2.25 bits per heavy atom. The highest BCUT2D eigenvalue weighted by Crippen LogP contribution is 2.30. The molecule has 0 bridgehead atoms. The van der Waals surface area contributed by atoms with E-state index in [2.05, 4.69) is 32.3 Å². The highest BCUT2D eigenvalue weighted by atomic mass is 15.4. The van der Waals surface area contributed by atoms with Gasteiger partial charge < -0.3 is 11.1 Å². The van der Waals surface area contributed by atoms with Crippen molar-refractivity contribution in [2.45, 2.75) is 26.2 Å². The van der Waals surface area contributed by atoms with Crippen molar-refractivity contribution < 1.29 is 0 Å². The highest BCUT2D eigenvalue weighted by molar-refractivity contribution is 5.34. The first-order valence-corrected chi connectivity index (χ1v) is 6.98. The number of rotatable bonds is 4. The number of hydrogen-bond donors (Lipinski definition) is 2. The number of anilines is 2. The van der Waals surface area contributed by atoms with E-state index in [9.17, 15) is 0 Å². The molecule has 0 radical (unpaired) electrons. The minimum atomic E-state index is 0.201. The Hall–Kier alpha value is -2.18. The summed E-state index contributed by atoms with van der Waals surface area (Å²) in [5.41, 5.74) is 5.73. The van der Waals surface area contributed by atoms with E-state index in [0.717, 1.165) is 12.5 Å². The first kappa shape index (κ1) is 12.8. The van der Waals surface area contributed by atoms with Crippen molar-refractivity contribution in [3.8, 4) is 5.95 Å². The summed E-state index contributed by atoms with van der Waals surface area (Å²) >= 11 is 0. The quantitative estimate of drug-likeness (QED) is 0.876. The predicted molar refractivity (Wildman–Crippen MR) is 76.4 cm³/mol. The second-order valence-corrected chi connectivity index (χ2v) is 5.32. The van der Waals surface area contributed by atoms with Gasteiger partial charge in [-0.3, -0.25) is 0 Å². The summed E-state index contributed by atoms with van der Waals surface area (Å²) in [5.74, 6) is 2.59. The average Bonchev–Trinajstić information content (AvgIpc) is 3.07. The molecule has 2 aromatic heterocycles. The van der Waals surface area contributed by atoms with Crippen LogP contribution in [0.25, 0.3) is 5.95 Å². The van der Waals surface area contributed by atoms with Crippen LogP contribution in [0.4, 0.5) is 11.9 Å². The van der Waals surface area contributed by atoms with Gasteiger partial charge in [0.2, 0.25) is 11.9 Å². The van der Waals surface area contributed by atoms with Gasteiger partial charge in [0, 0.05) is 18.9 Å². The molecule has 2 unspecified atom stereocenters. The minimum Gasteiger partial charge on any atom is -0.368 e. The van der Waals surface area contributed by atoms with Crippen molar-refractivity contribution in [2.24, 2.45) is 11.8 Å². The SMILES string of the molecule is CC1CCCC1CNc1nc(N)nc(-n2cccn2)n1. The van der Waals surface area contributed by atoms with Gasteiger partial charge in [-0.25, -0.2) is 4.68 Å². The summed E-state index contributed by atoms with van der Waals surface area (Å²) in [7, 11) is 0. The van der Waals surface area contributed by atoms with Crippen LogP contribution >= 0.6 is 0 Å². The van der Waals surface area contributed by atoms with Gasteiger partial charge in [0.25, 0.3) is 5.95 Å². The van der Waals surface area contributed by atoms with Crippen LogP contribution in [0.5, 0.6) is 0 Å². The molecule has 1 saturated carbocycles. The Morgan fingerprint density at radius 1 is 1.35 bits per heavy atom. The van der Waals surface area contributed by atoms with Gasteiger partial charge >= 0.3 is 0 Å². The molecule has 7 nitrogen and oxygen atoms in total. The summed E-state index contributed by atoms with van der Waals surface area (Å²) in [6, 6.07) is 1.81. The molecule has 3 rings (SSSR count). The van der Waals surface area contributed by atoms with E-state index in [-0.39, 0.29) is 5.95 Å². The lowest BCUT2D eigenvalue weighted by Crippen LogP contribution is -2.19. The van der Waals surface area contributed by atoms with E-state index in [4.69, 9.17) is 5.73 Å². The first-order valence-electron chi connectivity index (χ1n) is 6.98. The molecular weight excluding hydrogens is 254 g/mol. The molecule has 3 N–H and O–H groups in total. The number of nitrogens with two attached hydrogens (primary N) is 1. The Balaban J connectivity index is 1.73. The standard InChI is InChI=1S/C13H19N7/c1-9-4-2-5-10(9)8-15-12-17-11(14)18-13(19-12)20-7-3-6-16-20/h3,6-7,9-10H,2,4-5,8H2,1H3,(H3,14,15,17,18,19). The molecule has 0 aliphatic heterocycles. The van der Waals surface area contributed by atoms with Crippen molar-refractivity contribution in [3.63, 3.8) is 0 Å². The Morgan fingerprint density at radius 3 is 2.95 bits per heavy atom. The van der Waals surface area contributed by atoms with Gasteiger partial charge in [-0.15, -0.1) is 0 Å². The van der Waals surface area contributed by atoms with Crippen LogP contribution < -0.4 is 11.1 Å². The lowest BCUT2D eigenvalue weighted by atomic mass is 9.98. The number of nitrogens with zero attached hydrogens (tertiary/aromatic N) is 5. The van der Waals surface area contributed by atoms with Crippen LogP contribution in [0.15, 0.2) is 18.5 Å². The summed E-state index contributed by atoms with van der Waals surface area (Å²) in [6.45, 7) is 3.18. The third-order valence-electron chi connectivity index (χ3n) is 3.91. The molecule has 0 aromatic carbocycles. The van der Waals surface area contributed by atoms with Gasteiger partial charge in [0.05, 0.1) is 0 Å². The molecule has 106 valence electrons. The highest BCUT2D eigenvalue weighted by Gasteiger charge is 2.23. The van der Waals surface area contributed by atoms with Crippen molar-refractivity contribution in [1.29, 1.82) is 0 Å². The molecule has 0 saturated heterocycles. The fraction of sp³-hybridized carbons (Fsp3) is 0.538. The van der Waals surface area contributed by atoms with E-state index in [1.54, 1.807) is 17.1 Å². The second kappa shape index (κ2) is 5.44. The topological polar surface area (TPSA) is 94.5 Å². The average molecular weight is 273 g/mol. The number of nitrogens with one attached hydrogen (secondary N) is 1. The van der Waals surface area contributed by atoms with Gasteiger partial charge in [0.15, 0.2) is 0 Å². The summed E-state index contributed by atoms with van der Waals surface area (Å²) < 4.78 is 1.57. The molecular formula is C13H19N7. The third-order valence-corrected chi connectivity index (χ3v) is 3.91.